The Bertz CT molecular complexity index is 154. The quantitative estimate of drug-likeness (QED) is 0.526. The van der Waals surface area contributed by atoms with Gasteiger partial charge in [-0.2, -0.15) is 0 Å². The molecule has 0 aromatic heterocycles. The highest BCUT2D eigenvalue weighted by Crippen LogP contribution is 2.39. The molecule has 0 fully saturated rings. The molecule has 1 heteroatoms. The van der Waals surface area contributed by atoms with E-state index in [0.717, 1.165) is 6.42 Å². The molecule has 98 valence electrons. The molecule has 0 aliphatic heterocycles. The molecule has 0 aliphatic rings. The summed E-state index contributed by atoms with van der Waals surface area (Å²) in [4.78, 5) is 0. The lowest BCUT2D eigenvalue weighted by Crippen LogP contribution is -2.21. The molecule has 0 heterocycles. The molecule has 2 unspecified atom stereocenters. The van der Waals surface area contributed by atoms with Crippen LogP contribution >= 0.6 is 0 Å². The maximum Gasteiger partial charge on any atom is 0.0512 e. The van der Waals surface area contributed by atoms with Crippen LogP contribution in [-0.4, -0.2) is 11.2 Å². The van der Waals surface area contributed by atoms with Crippen molar-refractivity contribution < 1.29 is 5.11 Å². The van der Waals surface area contributed by atoms with Gasteiger partial charge in [-0.15, -0.1) is 0 Å². The molecule has 0 spiro atoms. The van der Waals surface area contributed by atoms with Gasteiger partial charge in [0.05, 0.1) is 6.10 Å². The SMILES string of the molecule is CCCCCC(CC)(CCC)CCC(C)O. The van der Waals surface area contributed by atoms with Gasteiger partial charge in [0.1, 0.15) is 0 Å². The maximum atomic E-state index is 9.45. The summed E-state index contributed by atoms with van der Waals surface area (Å²) >= 11 is 0. The van der Waals surface area contributed by atoms with Crippen molar-refractivity contribution in [3.63, 3.8) is 0 Å². The summed E-state index contributed by atoms with van der Waals surface area (Å²) in [5, 5.41) is 9.45. The van der Waals surface area contributed by atoms with Crippen molar-refractivity contribution in [3.05, 3.63) is 0 Å². The second kappa shape index (κ2) is 9.04. The highest BCUT2D eigenvalue weighted by Gasteiger charge is 2.26. The van der Waals surface area contributed by atoms with Gasteiger partial charge in [0, 0.05) is 0 Å². The van der Waals surface area contributed by atoms with E-state index in [4.69, 9.17) is 0 Å². The van der Waals surface area contributed by atoms with Gasteiger partial charge in [-0.05, 0) is 38.0 Å². The van der Waals surface area contributed by atoms with Crippen LogP contribution in [0.25, 0.3) is 0 Å². The van der Waals surface area contributed by atoms with Crippen LogP contribution in [0.3, 0.4) is 0 Å². The Morgan fingerprint density at radius 1 is 0.938 bits per heavy atom. The molecule has 0 aromatic carbocycles. The summed E-state index contributed by atoms with van der Waals surface area (Å²) < 4.78 is 0. The number of hydrogen-bond acceptors (Lipinski definition) is 1. The fourth-order valence-electron chi connectivity index (χ4n) is 2.70. The molecule has 0 radical (unpaired) electrons. The Kier molecular flexibility index (Phi) is 9.02. The summed E-state index contributed by atoms with van der Waals surface area (Å²) in [5.41, 5.74) is 0.515. The first-order chi connectivity index (χ1) is 7.60. The molecule has 0 saturated carbocycles. The molecular weight excluding hydrogens is 196 g/mol. The molecular formula is C15H32O. The maximum absolute atomic E-state index is 9.45. The van der Waals surface area contributed by atoms with Crippen LogP contribution < -0.4 is 0 Å². The number of unbranched alkanes of at least 4 members (excludes halogenated alkanes) is 2. The first kappa shape index (κ1) is 16.0. The van der Waals surface area contributed by atoms with E-state index in [1.54, 1.807) is 0 Å². The van der Waals surface area contributed by atoms with Crippen LogP contribution in [0.15, 0.2) is 0 Å². The van der Waals surface area contributed by atoms with Gasteiger partial charge in [0.2, 0.25) is 0 Å². The molecule has 16 heavy (non-hydrogen) atoms. The van der Waals surface area contributed by atoms with Crippen molar-refractivity contribution in [1.82, 2.24) is 0 Å². The van der Waals surface area contributed by atoms with Crippen molar-refractivity contribution in [2.75, 3.05) is 0 Å². The Balaban J connectivity index is 4.20. The number of rotatable bonds is 10. The minimum Gasteiger partial charge on any atom is -0.393 e. The fourth-order valence-corrected chi connectivity index (χ4v) is 2.70. The normalized spacial score (nSPS) is 17.1. The van der Waals surface area contributed by atoms with Crippen molar-refractivity contribution >= 4 is 0 Å². The van der Waals surface area contributed by atoms with Crippen LogP contribution in [0.1, 0.15) is 85.5 Å². The van der Waals surface area contributed by atoms with Gasteiger partial charge in [0.25, 0.3) is 0 Å². The van der Waals surface area contributed by atoms with E-state index in [1.165, 1.54) is 51.4 Å². The summed E-state index contributed by atoms with van der Waals surface area (Å²) in [6.45, 7) is 8.79. The smallest absolute Gasteiger partial charge is 0.0512 e. The van der Waals surface area contributed by atoms with Gasteiger partial charge in [-0.3, -0.25) is 0 Å². The Labute approximate surface area is 103 Å². The molecule has 0 aliphatic carbocycles. The molecule has 1 N–H and O–H groups in total. The third-order valence-electron chi connectivity index (χ3n) is 3.93. The molecule has 0 aromatic rings. The summed E-state index contributed by atoms with van der Waals surface area (Å²) in [6.07, 6.45) is 11.3. The first-order valence-corrected chi connectivity index (χ1v) is 7.28. The van der Waals surface area contributed by atoms with Crippen LogP contribution in [0.4, 0.5) is 0 Å². The van der Waals surface area contributed by atoms with Crippen molar-refractivity contribution in [2.24, 2.45) is 5.41 Å². The highest BCUT2D eigenvalue weighted by atomic mass is 16.3. The lowest BCUT2D eigenvalue weighted by molar-refractivity contribution is 0.129. The van der Waals surface area contributed by atoms with Crippen LogP contribution in [0.5, 0.6) is 0 Å². The molecule has 0 bridgehead atoms. The van der Waals surface area contributed by atoms with Crippen LogP contribution in [0.2, 0.25) is 0 Å². The predicted molar refractivity (Wildman–Crippen MR) is 72.7 cm³/mol. The number of hydrogen-bond donors (Lipinski definition) is 1. The number of aliphatic hydroxyl groups excluding tert-OH is 1. The average molecular weight is 228 g/mol. The second-order valence-corrected chi connectivity index (χ2v) is 5.45. The van der Waals surface area contributed by atoms with Gasteiger partial charge in [-0.25, -0.2) is 0 Å². The van der Waals surface area contributed by atoms with E-state index in [-0.39, 0.29) is 6.10 Å². The van der Waals surface area contributed by atoms with Gasteiger partial charge >= 0.3 is 0 Å². The highest BCUT2D eigenvalue weighted by molar-refractivity contribution is 4.78. The second-order valence-electron chi connectivity index (χ2n) is 5.45. The first-order valence-electron chi connectivity index (χ1n) is 7.28. The molecule has 2 atom stereocenters. The van der Waals surface area contributed by atoms with E-state index in [9.17, 15) is 5.11 Å². The van der Waals surface area contributed by atoms with Crippen LogP contribution in [0, 0.1) is 5.41 Å². The molecule has 0 amide bonds. The lowest BCUT2D eigenvalue weighted by atomic mass is 9.72. The standard InChI is InChI=1S/C15H32O/c1-5-8-9-12-15(7-3,11-6-2)13-10-14(4)16/h14,16H,5-13H2,1-4H3. The van der Waals surface area contributed by atoms with Gasteiger partial charge < -0.3 is 5.11 Å². The van der Waals surface area contributed by atoms with E-state index in [0.29, 0.717) is 5.41 Å². The van der Waals surface area contributed by atoms with Crippen LogP contribution in [-0.2, 0) is 0 Å². The summed E-state index contributed by atoms with van der Waals surface area (Å²) in [5.74, 6) is 0. The Morgan fingerprint density at radius 3 is 2.06 bits per heavy atom. The molecule has 0 rings (SSSR count). The zero-order valence-electron chi connectivity index (χ0n) is 11.9. The average Bonchev–Trinajstić information content (AvgIpc) is 2.26. The van der Waals surface area contributed by atoms with Crippen molar-refractivity contribution in [2.45, 2.75) is 91.6 Å². The summed E-state index contributed by atoms with van der Waals surface area (Å²) in [6, 6.07) is 0. The van der Waals surface area contributed by atoms with E-state index in [2.05, 4.69) is 20.8 Å². The minimum absolute atomic E-state index is 0.131. The largest absolute Gasteiger partial charge is 0.393 e. The Morgan fingerprint density at radius 2 is 1.62 bits per heavy atom. The number of aliphatic hydroxyl groups is 1. The molecule has 0 saturated heterocycles. The van der Waals surface area contributed by atoms with E-state index >= 15 is 0 Å². The minimum atomic E-state index is -0.131. The fraction of sp³-hybridized carbons (Fsp3) is 1.00. The van der Waals surface area contributed by atoms with E-state index in [1.807, 2.05) is 6.92 Å². The third kappa shape index (κ3) is 6.52. The Hall–Kier alpha value is -0.0400. The molecule has 1 nitrogen and oxygen atoms in total. The van der Waals surface area contributed by atoms with E-state index < -0.39 is 0 Å². The zero-order valence-corrected chi connectivity index (χ0v) is 11.9. The monoisotopic (exact) mass is 228 g/mol. The topological polar surface area (TPSA) is 20.2 Å². The van der Waals surface area contributed by atoms with Gasteiger partial charge in [-0.1, -0.05) is 52.9 Å². The van der Waals surface area contributed by atoms with Gasteiger partial charge in [0.15, 0.2) is 0 Å². The predicted octanol–water partition coefficient (Wildman–Crippen LogP) is 4.92. The zero-order chi connectivity index (χ0) is 12.4. The van der Waals surface area contributed by atoms with Crippen molar-refractivity contribution in [1.29, 1.82) is 0 Å². The lowest BCUT2D eigenvalue weighted by Gasteiger charge is -2.33. The third-order valence-corrected chi connectivity index (χ3v) is 3.93. The van der Waals surface area contributed by atoms with Crippen molar-refractivity contribution in [3.8, 4) is 0 Å². The summed E-state index contributed by atoms with van der Waals surface area (Å²) in [7, 11) is 0.